The van der Waals surface area contributed by atoms with E-state index < -0.39 is 0 Å². The number of likely N-dealkylation sites (tertiary alicyclic amines) is 2. The Kier molecular flexibility index (Phi) is 4.41. The zero-order valence-electron chi connectivity index (χ0n) is 14.7. The number of piperidine rings is 1. The molecule has 0 N–H and O–H groups in total. The van der Waals surface area contributed by atoms with Crippen LogP contribution in [-0.4, -0.2) is 51.2 Å². The predicted molar refractivity (Wildman–Crippen MR) is 96.1 cm³/mol. The number of carbonyl (C=O) groups is 2. The van der Waals surface area contributed by atoms with Crippen molar-refractivity contribution in [3.8, 4) is 0 Å². The molecule has 0 aromatic carbocycles. The standard InChI is InChI=1S/C20H22N4O2/c25-18-12-20(15-24(18)14-16-4-3-8-21-13-16)6-10-23(11-7-20)19(26)17-5-1-2-9-22-17/h1-5,8-9,13H,6-7,10-12,14-15H2. The molecule has 2 fully saturated rings. The number of nitrogens with zero attached hydrogens (tertiary/aromatic N) is 4. The lowest BCUT2D eigenvalue weighted by atomic mass is 9.77. The average molecular weight is 350 g/mol. The molecule has 0 saturated carbocycles. The molecule has 0 atom stereocenters. The average Bonchev–Trinajstić information content (AvgIpc) is 2.98. The van der Waals surface area contributed by atoms with E-state index >= 15 is 0 Å². The molecule has 6 nitrogen and oxygen atoms in total. The molecule has 0 bridgehead atoms. The fourth-order valence-electron chi connectivity index (χ4n) is 4.01. The summed E-state index contributed by atoms with van der Waals surface area (Å²) in [5.74, 6) is 0.190. The molecular weight excluding hydrogens is 328 g/mol. The Hall–Kier alpha value is -2.76. The smallest absolute Gasteiger partial charge is 0.272 e. The van der Waals surface area contributed by atoms with E-state index in [1.165, 1.54) is 0 Å². The molecule has 1 spiro atoms. The Morgan fingerprint density at radius 1 is 1.12 bits per heavy atom. The molecule has 2 aliphatic heterocycles. The summed E-state index contributed by atoms with van der Waals surface area (Å²) >= 11 is 0. The maximum Gasteiger partial charge on any atom is 0.272 e. The molecule has 134 valence electrons. The first-order chi connectivity index (χ1) is 12.7. The lowest BCUT2D eigenvalue weighted by Gasteiger charge is -2.38. The molecule has 2 amide bonds. The quantitative estimate of drug-likeness (QED) is 0.851. The van der Waals surface area contributed by atoms with Crippen molar-refractivity contribution in [3.05, 3.63) is 60.2 Å². The van der Waals surface area contributed by atoms with Crippen LogP contribution in [-0.2, 0) is 11.3 Å². The minimum atomic E-state index is -0.0167. The minimum Gasteiger partial charge on any atom is -0.338 e. The molecule has 2 aromatic rings. The Bertz CT molecular complexity index is 786. The number of hydrogen-bond donors (Lipinski definition) is 0. The van der Waals surface area contributed by atoms with Crippen molar-refractivity contribution in [2.75, 3.05) is 19.6 Å². The second-order valence-electron chi connectivity index (χ2n) is 7.30. The SMILES string of the molecule is O=C1CC2(CCN(C(=O)c3ccccn3)CC2)CN1Cc1cccnc1. The molecule has 0 radical (unpaired) electrons. The maximum atomic E-state index is 12.6. The first-order valence-electron chi connectivity index (χ1n) is 9.02. The van der Waals surface area contributed by atoms with Gasteiger partial charge in [0.05, 0.1) is 0 Å². The molecule has 2 saturated heterocycles. The van der Waals surface area contributed by atoms with Gasteiger partial charge in [-0.2, -0.15) is 0 Å². The van der Waals surface area contributed by atoms with E-state index in [2.05, 4.69) is 9.97 Å². The molecular formula is C20H22N4O2. The monoisotopic (exact) mass is 350 g/mol. The van der Waals surface area contributed by atoms with E-state index in [4.69, 9.17) is 0 Å². The molecule has 2 aromatic heterocycles. The Morgan fingerprint density at radius 3 is 2.65 bits per heavy atom. The van der Waals surface area contributed by atoms with Crippen molar-refractivity contribution >= 4 is 11.8 Å². The molecule has 4 rings (SSSR count). The largest absolute Gasteiger partial charge is 0.338 e. The van der Waals surface area contributed by atoms with E-state index in [9.17, 15) is 9.59 Å². The zero-order chi connectivity index (χ0) is 18.0. The van der Waals surface area contributed by atoms with Crippen LogP contribution in [0.4, 0.5) is 0 Å². The predicted octanol–water partition coefficient (Wildman–Crippen LogP) is 2.13. The van der Waals surface area contributed by atoms with Gasteiger partial charge in [0, 0.05) is 56.6 Å². The van der Waals surface area contributed by atoms with Gasteiger partial charge in [0.15, 0.2) is 0 Å². The van der Waals surface area contributed by atoms with Gasteiger partial charge in [0.1, 0.15) is 5.69 Å². The van der Waals surface area contributed by atoms with Crippen molar-refractivity contribution in [2.45, 2.75) is 25.8 Å². The van der Waals surface area contributed by atoms with Crippen molar-refractivity contribution in [1.29, 1.82) is 0 Å². The molecule has 4 heterocycles. The maximum absolute atomic E-state index is 12.6. The normalized spacial score (nSPS) is 19.2. The molecule has 0 unspecified atom stereocenters. The van der Waals surface area contributed by atoms with E-state index in [0.29, 0.717) is 31.7 Å². The Balaban J connectivity index is 1.38. The van der Waals surface area contributed by atoms with E-state index in [1.807, 2.05) is 40.3 Å². The Morgan fingerprint density at radius 2 is 1.96 bits per heavy atom. The topological polar surface area (TPSA) is 66.4 Å². The minimum absolute atomic E-state index is 0.000187. The van der Waals surface area contributed by atoms with E-state index in [1.54, 1.807) is 18.5 Å². The van der Waals surface area contributed by atoms with Crippen LogP contribution < -0.4 is 0 Å². The molecule has 26 heavy (non-hydrogen) atoms. The molecule has 0 aliphatic carbocycles. The van der Waals surface area contributed by atoms with Crippen LogP contribution in [0.25, 0.3) is 0 Å². The third kappa shape index (κ3) is 3.31. The first-order valence-corrected chi connectivity index (χ1v) is 9.02. The molecule has 2 aliphatic rings. The summed E-state index contributed by atoms with van der Waals surface area (Å²) in [6.45, 7) is 2.75. The van der Waals surface area contributed by atoms with Crippen molar-refractivity contribution in [3.63, 3.8) is 0 Å². The highest BCUT2D eigenvalue weighted by molar-refractivity contribution is 5.92. The number of pyridine rings is 2. The highest BCUT2D eigenvalue weighted by Crippen LogP contribution is 2.41. The Labute approximate surface area is 152 Å². The van der Waals surface area contributed by atoms with Crippen LogP contribution in [0, 0.1) is 5.41 Å². The summed E-state index contributed by atoms with van der Waals surface area (Å²) in [6.07, 6.45) is 7.50. The van der Waals surface area contributed by atoms with Gasteiger partial charge in [-0.3, -0.25) is 19.6 Å². The van der Waals surface area contributed by atoms with Crippen molar-refractivity contribution in [2.24, 2.45) is 5.41 Å². The van der Waals surface area contributed by atoms with Gasteiger partial charge in [0.2, 0.25) is 5.91 Å². The summed E-state index contributed by atoms with van der Waals surface area (Å²) in [5.41, 5.74) is 1.55. The summed E-state index contributed by atoms with van der Waals surface area (Å²) in [6, 6.07) is 9.29. The van der Waals surface area contributed by atoms with Crippen molar-refractivity contribution in [1.82, 2.24) is 19.8 Å². The first kappa shape index (κ1) is 16.7. The lowest BCUT2D eigenvalue weighted by molar-refractivity contribution is -0.128. The van der Waals surface area contributed by atoms with Gasteiger partial charge >= 0.3 is 0 Å². The van der Waals surface area contributed by atoms with Gasteiger partial charge in [-0.1, -0.05) is 12.1 Å². The zero-order valence-corrected chi connectivity index (χ0v) is 14.7. The summed E-state index contributed by atoms with van der Waals surface area (Å²) in [4.78, 5) is 37.1. The highest BCUT2D eigenvalue weighted by atomic mass is 16.2. The fourth-order valence-corrected chi connectivity index (χ4v) is 4.01. The van der Waals surface area contributed by atoms with Gasteiger partial charge in [0.25, 0.3) is 5.91 Å². The van der Waals surface area contributed by atoms with Crippen LogP contribution in [0.15, 0.2) is 48.9 Å². The van der Waals surface area contributed by atoms with Gasteiger partial charge in [-0.05, 0) is 36.6 Å². The number of rotatable bonds is 3. The van der Waals surface area contributed by atoms with Crippen LogP contribution in [0.3, 0.4) is 0 Å². The van der Waals surface area contributed by atoms with Crippen LogP contribution in [0.1, 0.15) is 35.3 Å². The second kappa shape index (κ2) is 6.86. The van der Waals surface area contributed by atoms with Gasteiger partial charge in [-0.25, -0.2) is 0 Å². The summed E-state index contributed by atoms with van der Waals surface area (Å²) < 4.78 is 0. The van der Waals surface area contributed by atoms with Gasteiger partial charge < -0.3 is 9.80 Å². The van der Waals surface area contributed by atoms with E-state index in [-0.39, 0.29) is 17.2 Å². The van der Waals surface area contributed by atoms with Crippen LogP contribution in [0.2, 0.25) is 0 Å². The third-order valence-electron chi connectivity index (χ3n) is 5.50. The van der Waals surface area contributed by atoms with E-state index in [0.717, 1.165) is 24.9 Å². The highest BCUT2D eigenvalue weighted by Gasteiger charge is 2.45. The number of aromatic nitrogens is 2. The van der Waals surface area contributed by atoms with Crippen LogP contribution in [0.5, 0.6) is 0 Å². The van der Waals surface area contributed by atoms with Gasteiger partial charge in [-0.15, -0.1) is 0 Å². The number of hydrogen-bond acceptors (Lipinski definition) is 4. The fraction of sp³-hybridized carbons (Fsp3) is 0.400. The van der Waals surface area contributed by atoms with Crippen LogP contribution >= 0.6 is 0 Å². The summed E-state index contributed by atoms with van der Waals surface area (Å²) in [7, 11) is 0. The third-order valence-corrected chi connectivity index (χ3v) is 5.50. The van der Waals surface area contributed by atoms with Crippen molar-refractivity contribution < 1.29 is 9.59 Å². The lowest BCUT2D eigenvalue weighted by Crippen LogP contribution is -2.44. The number of amides is 2. The molecule has 6 heteroatoms. The number of carbonyl (C=O) groups excluding carboxylic acids is 2. The summed E-state index contributed by atoms with van der Waals surface area (Å²) in [5, 5.41) is 0. The second-order valence-corrected chi connectivity index (χ2v) is 7.30.